The Labute approximate surface area is 156 Å². The summed E-state index contributed by atoms with van der Waals surface area (Å²) in [6.45, 7) is 3.69. The molecule has 1 unspecified atom stereocenters. The van der Waals surface area contributed by atoms with E-state index in [4.69, 9.17) is 4.52 Å². The van der Waals surface area contributed by atoms with Gasteiger partial charge < -0.3 is 4.52 Å². The van der Waals surface area contributed by atoms with Crippen LogP contribution in [0.4, 0.5) is 5.69 Å². The smallest absolute Gasteiger partial charge is 0.270 e. The number of aromatic nitrogens is 2. The van der Waals surface area contributed by atoms with Crippen LogP contribution in [0.15, 0.2) is 53.1 Å². The Bertz CT molecular complexity index is 969. The van der Waals surface area contributed by atoms with Gasteiger partial charge in [-0.15, -0.1) is 0 Å². The van der Waals surface area contributed by atoms with E-state index in [2.05, 4.69) is 46.2 Å². The molecular formula is C20H20N4O3. The molecule has 1 aromatic heterocycles. The third kappa shape index (κ3) is 3.59. The lowest BCUT2D eigenvalue weighted by molar-refractivity contribution is -0.384. The quantitative estimate of drug-likeness (QED) is 0.496. The molecule has 4 rings (SSSR count). The molecule has 1 aliphatic heterocycles. The average molecular weight is 364 g/mol. The SMILES string of the molecule is Cc1ccccc1C1CCCN1Cc1nc(-c2cccc([N+](=O)[O-])c2)no1. The number of non-ortho nitro benzene ring substituents is 1. The van der Waals surface area contributed by atoms with Gasteiger partial charge >= 0.3 is 0 Å². The van der Waals surface area contributed by atoms with E-state index < -0.39 is 4.92 Å². The maximum atomic E-state index is 11.0. The first-order valence-corrected chi connectivity index (χ1v) is 8.99. The number of nitrogens with zero attached hydrogens (tertiary/aromatic N) is 4. The van der Waals surface area contributed by atoms with Gasteiger partial charge in [0.05, 0.1) is 11.5 Å². The minimum absolute atomic E-state index is 0.0120. The predicted octanol–water partition coefficient (Wildman–Crippen LogP) is 4.29. The summed E-state index contributed by atoms with van der Waals surface area (Å²) in [5, 5.41) is 15.0. The second-order valence-electron chi connectivity index (χ2n) is 6.80. The molecule has 0 N–H and O–H groups in total. The summed E-state index contributed by atoms with van der Waals surface area (Å²) in [6, 6.07) is 15.1. The molecule has 0 bridgehead atoms. The predicted molar refractivity (Wildman–Crippen MR) is 100.0 cm³/mol. The Hall–Kier alpha value is -3.06. The monoisotopic (exact) mass is 364 g/mol. The molecule has 0 radical (unpaired) electrons. The van der Waals surface area contributed by atoms with E-state index in [1.54, 1.807) is 12.1 Å². The molecule has 1 saturated heterocycles. The largest absolute Gasteiger partial charge is 0.338 e. The zero-order valence-corrected chi connectivity index (χ0v) is 15.0. The molecule has 3 aromatic rings. The van der Waals surface area contributed by atoms with Crippen molar-refractivity contribution in [3.05, 3.63) is 75.7 Å². The van der Waals surface area contributed by atoms with Crippen molar-refractivity contribution in [2.45, 2.75) is 32.4 Å². The van der Waals surface area contributed by atoms with Gasteiger partial charge in [0.15, 0.2) is 0 Å². The number of hydrogen-bond donors (Lipinski definition) is 0. The first-order valence-electron chi connectivity index (χ1n) is 8.99. The fourth-order valence-corrected chi connectivity index (χ4v) is 3.70. The summed E-state index contributed by atoms with van der Waals surface area (Å²) < 4.78 is 5.42. The van der Waals surface area contributed by atoms with E-state index in [1.165, 1.54) is 23.3 Å². The van der Waals surface area contributed by atoms with Gasteiger partial charge in [-0.05, 0) is 37.4 Å². The molecule has 0 spiro atoms. The summed E-state index contributed by atoms with van der Waals surface area (Å²) in [7, 11) is 0. The second kappa shape index (κ2) is 7.28. The van der Waals surface area contributed by atoms with Crippen LogP contribution >= 0.6 is 0 Å². The molecule has 7 nitrogen and oxygen atoms in total. The van der Waals surface area contributed by atoms with Crippen molar-refractivity contribution in [3.8, 4) is 11.4 Å². The van der Waals surface area contributed by atoms with E-state index in [9.17, 15) is 10.1 Å². The zero-order chi connectivity index (χ0) is 18.8. The summed E-state index contributed by atoms with van der Waals surface area (Å²) in [5.41, 5.74) is 3.22. The maximum Gasteiger partial charge on any atom is 0.270 e. The van der Waals surface area contributed by atoms with Gasteiger partial charge in [0.2, 0.25) is 11.7 Å². The molecule has 0 saturated carbocycles. The van der Waals surface area contributed by atoms with Crippen LogP contribution in [0.2, 0.25) is 0 Å². The number of aryl methyl sites for hydroxylation is 1. The standard InChI is InChI=1S/C20H20N4O3/c1-14-6-2-3-9-17(14)18-10-5-11-23(18)13-19-21-20(22-27-19)15-7-4-8-16(12-15)24(25)26/h2-4,6-9,12,18H,5,10-11,13H2,1H3. The van der Waals surface area contributed by atoms with Crippen LogP contribution < -0.4 is 0 Å². The Kier molecular flexibility index (Phi) is 4.68. The average Bonchev–Trinajstić information content (AvgIpc) is 3.32. The fourth-order valence-electron chi connectivity index (χ4n) is 3.70. The highest BCUT2D eigenvalue weighted by atomic mass is 16.6. The second-order valence-corrected chi connectivity index (χ2v) is 6.80. The van der Waals surface area contributed by atoms with Crippen molar-refractivity contribution in [1.82, 2.24) is 15.0 Å². The van der Waals surface area contributed by atoms with E-state index in [0.717, 1.165) is 19.4 Å². The molecule has 2 heterocycles. The Balaban J connectivity index is 1.53. The van der Waals surface area contributed by atoms with Crippen molar-refractivity contribution in [1.29, 1.82) is 0 Å². The summed E-state index contributed by atoms with van der Waals surface area (Å²) in [6.07, 6.45) is 2.24. The van der Waals surface area contributed by atoms with Crippen LogP contribution in [0.3, 0.4) is 0 Å². The number of rotatable bonds is 5. The maximum absolute atomic E-state index is 11.0. The Morgan fingerprint density at radius 2 is 2.11 bits per heavy atom. The molecule has 0 aliphatic carbocycles. The summed E-state index contributed by atoms with van der Waals surface area (Å²) in [5.74, 6) is 0.900. The minimum Gasteiger partial charge on any atom is -0.338 e. The van der Waals surface area contributed by atoms with Gasteiger partial charge in [0, 0.05) is 23.7 Å². The van der Waals surface area contributed by atoms with Crippen LogP contribution in [-0.4, -0.2) is 26.5 Å². The molecule has 0 amide bonds. The molecule has 1 aliphatic rings. The minimum atomic E-state index is -0.429. The summed E-state index contributed by atoms with van der Waals surface area (Å²) in [4.78, 5) is 17.3. The summed E-state index contributed by atoms with van der Waals surface area (Å²) >= 11 is 0. The highest BCUT2D eigenvalue weighted by Crippen LogP contribution is 2.34. The van der Waals surface area contributed by atoms with Gasteiger partial charge in [0.1, 0.15) is 0 Å². The van der Waals surface area contributed by atoms with Crippen LogP contribution in [0.25, 0.3) is 11.4 Å². The van der Waals surface area contributed by atoms with Gasteiger partial charge in [-0.3, -0.25) is 15.0 Å². The normalized spacial score (nSPS) is 17.3. The van der Waals surface area contributed by atoms with Crippen molar-refractivity contribution >= 4 is 5.69 Å². The molecule has 7 heteroatoms. The highest BCUT2D eigenvalue weighted by Gasteiger charge is 2.28. The number of nitro benzene ring substituents is 1. The van der Waals surface area contributed by atoms with E-state index in [-0.39, 0.29) is 5.69 Å². The molecule has 2 aromatic carbocycles. The van der Waals surface area contributed by atoms with Crippen molar-refractivity contribution in [2.24, 2.45) is 0 Å². The number of likely N-dealkylation sites (tertiary alicyclic amines) is 1. The van der Waals surface area contributed by atoms with Gasteiger partial charge in [-0.2, -0.15) is 4.98 Å². The topological polar surface area (TPSA) is 85.3 Å². The lowest BCUT2D eigenvalue weighted by Gasteiger charge is -2.24. The zero-order valence-electron chi connectivity index (χ0n) is 15.0. The Morgan fingerprint density at radius 3 is 2.93 bits per heavy atom. The highest BCUT2D eigenvalue weighted by molar-refractivity contribution is 5.58. The van der Waals surface area contributed by atoms with Gasteiger partial charge in [-0.1, -0.05) is 41.6 Å². The van der Waals surface area contributed by atoms with Crippen molar-refractivity contribution in [2.75, 3.05) is 6.54 Å². The number of benzene rings is 2. The molecular weight excluding hydrogens is 344 g/mol. The first kappa shape index (κ1) is 17.4. The van der Waals surface area contributed by atoms with E-state index in [0.29, 0.717) is 29.9 Å². The van der Waals surface area contributed by atoms with Gasteiger partial charge in [0.25, 0.3) is 5.69 Å². The third-order valence-corrected chi connectivity index (χ3v) is 5.03. The van der Waals surface area contributed by atoms with Gasteiger partial charge in [-0.25, -0.2) is 0 Å². The van der Waals surface area contributed by atoms with Crippen LogP contribution in [0.1, 0.15) is 35.9 Å². The molecule has 1 fully saturated rings. The first-order chi connectivity index (χ1) is 13.1. The van der Waals surface area contributed by atoms with E-state index >= 15 is 0 Å². The lowest BCUT2D eigenvalue weighted by atomic mass is 9.99. The molecule has 27 heavy (non-hydrogen) atoms. The Morgan fingerprint density at radius 1 is 1.26 bits per heavy atom. The van der Waals surface area contributed by atoms with Crippen LogP contribution in [0.5, 0.6) is 0 Å². The fraction of sp³-hybridized carbons (Fsp3) is 0.300. The molecule has 138 valence electrons. The van der Waals surface area contributed by atoms with Crippen LogP contribution in [0, 0.1) is 17.0 Å². The molecule has 1 atom stereocenters. The van der Waals surface area contributed by atoms with Crippen molar-refractivity contribution < 1.29 is 9.45 Å². The van der Waals surface area contributed by atoms with Crippen LogP contribution in [-0.2, 0) is 6.54 Å². The number of nitro groups is 1. The van der Waals surface area contributed by atoms with Crippen molar-refractivity contribution in [3.63, 3.8) is 0 Å². The van der Waals surface area contributed by atoms with E-state index in [1.807, 2.05) is 0 Å². The lowest BCUT2D eigenvalue weighted by Crippen LogP contribution is -2.23. The third-order valence-electron chi connectivity index (χ3n) is 5.03. The number of hydrogen-bond acceptors (Lipinski definition) is 6.